The quantitative estimate of drug-likeness (QED) is 0.750. The van der Waals surface area contributed by atoms with E-state index in [1.165, 1.54) is 5.56 Å². The van der Waals surface area contributed by atoms with E-state index in [9.17, 15) is 0 Å². The lowest BCUT2D eigenvalue weighted by molar-refractivity contribution is 0.477. The zero-order valence-corrected chi connectivity index (χ0v) is 9.74. The molecule has 0 unspecified atom stereocenters. The van der Waals surface area contributed by atoms with Crippen molar-refractivity contribution in [1.82, 2.24) is 4.98 Å². The van der Waals surface area contributed by atoms with Crippen LogP contribution in [0.15, 0.2) is 42.7 Å². The molecule has 0 saturated carbocycles. The van der Waals surface area contributed by atoms with Crippen LogP contribution in [0.2, 0.25) is 0 Å². The van der Waals surface area contributed by atoms with Crippen LogP contribution in [0.1, 0.15) is 11.1 Å². The number of rotatable bonds is 3. The molecule has 0 amide bonds. The van der Waals surface area contributed by atoms with Crippen molar-refractivity contribution in [2.75, 3.05) is 0 Å². The number of halogens is 1. The largest absolute Gasteiger partial charge is 0.457 e. The Bertz CT molecular complexity index is 468. The first kappa shape index (κ1) is 11.0. The minimum Gasteiger partial charge on any atom is -0.457 e. The van der Waals surface area contributed by atoms with Gasteiger partial charge >= 0.3 is 0 Å². The molecule has 0 spiro atoms. The molecule has 2 aromatic rings. The fourth-order valence-electron chi connectivity index (χ4n) is 1.35. The minimum absolute atomic E-state index is 0.398. The summed E-state index contributed by atoms with van der Waals surface area (Å²) >= 11 is 5.80. The first-order chi connectivity index (χ1) is 7.79. The molecule has 0 radical (unpaired) electrons. The van der Waals surface area contributed by atoms with Crippen LogP contribution in [0.25, 0.3) is 0 Å². The number of hydrogen-bond acceptors (Lipinski definition) is 2. The number of hydrogen-bond donors (Lipinski definition) is 0. The van der Waals surface area contributed by atoms with Gasteiger partial charge in [-0.15, -0.1) is 11.6 Å². The molecule has 1 aromatic heterocycles. The highest BCUT2D eigenvalue weighted by molar-refractivity contribution is 6.17. The zero-order chi connectivity index (χ0) is 11.4. The van der Waals surface area contributed by atoms with Gasteiger partial charge in [-0.2, -0.15) is 0 Å². The summed E-state index contributed by atoms with van der Waals surface area (Å²) in [5, 5.41) is 0. The van der Waals surface area contributed by atoms with Crippen molar-refractivity contribution in [1.29, 1.82) is 0 Å². The Morgan fingerprint density at radius 2 is 1.94 bits per heavy atom. The number of nitrogens with zero attached hydrogens (tertiary/aromatic N) is 1. The smallest absolute Gasteiger partial charge is 0.134 e. The van der Waals surface area contributed by atoms with Crippen LogP contribution >= 0.6 is 11.6 Å². The van der Waals surface area contributed by atoms with Crippen LogP contribution in [-0.2, 0) is 5.88 Å². The first-order valence-electron chi connectivity index (χ1n) is 5.03. The minimum atomic E-state index is 0.398. The summed E-state index contributed by atoms with van der Waals surface area (Å²) in [6.07, 6.45) is 3.41. The monoisotopic (exact) mass is 233 g/mol. The molecule has 2 nitrogen and oxygen atoms in total. The average Bonchev–Trinajstić information content (AvgIpc) is 2.33. The predicted molar refractivity (Wildman–Crippen MR) is 65.0 cm³/mol. The van der Waals surface area contributed by atoms with Crippen molar-refractivity contribution in [2.24, 2.45) is 0 Å². The summed E-state index contributed by atoms with van der Waals surface area (Å²) < 4.78 is 5.73. The Balaban J connectivity index is 2.23. The summed E-state index contributed by atoms with van der Waals surface area (Å²) in [5.41, 5.74) is 2.10. The van der Waals surface area contributed by atoms with Crippen LogP contribution < -0.4 is 4.74 Å². The van der Waals surface area contributed by atoms with Crippen LogP contribution in [0.3, 0.4) is 0 Å². The molecule has 1 heterocycles. The summed E-state index contributed by atoms with van der Waals surface area (Å²) in [6, 6.07) is 9.72. The number of aromatic nitrogens is 1. The summed E-state index contributed by atoms with van der Waals surface area (Å²) in [7, 11) is 0. The average molecular weight is 234 g/mol. The van der Waals surface area contributed by atoms with Gasteiger partial charge in [0.2, 0.25) is 0 Å². The number of alkyl halides is 1. The number of aryl methyl sites for hydroxylation is 1. The molecule has 0 bridgehead atoms. The molecule has 0 fully saturated rings. The van der Waals surface area contributed by atoms with E-state index in [0.29, 0.717) is 5.88 Å². The van der Waals surface area contributed by atoms with Gasteiger partial charge in [-0.25, -0.2) is 0 Å². The van der Waals surface area contributed by atoms with Gasteiger partial charge in [0.15, 0.2) is 0 Å². The van der Waals surface area contributed by atoms with E-state index in [4.69, 9.17) is 16.3 Å². The molecule has 0 atom stereocenters. The van der Waals surface area contributed by atoms with Crippen molar-refractivity contribution in [3.8, 4) is 11.5 Å². The van der Waals surface area contributed by atoms with Gasteiger partial charge in [-0.05, 0) is 25.1 Å². The van der Waals surface area contributed by atoms with Crippen LogP contribution in [0.5, 0.6) is 11.5 Å². The Labute approximate surface area is 99.9 Å². The van der Waals surface area contributed by atoms with E-state index in [1.807, 2.05) is 37.3 Å². The van der Waals surface area contributed by atoms with Crippen molar-refractivity contribution < 1.29 is 4.74 Å². The van der Waals surface area contributed by atoms with E-state index in [1.54, 1.807) is 12.4 Å². The van der Waals surface area contributed by atoms with Crippen LogP contribution in [0, 0.1) is 6.92 Å². The van der Waals surface area contributed by atoms with E-state index < -0.39 is 0 Å². The van der Waals surface area contributed by atoms with Crippen molar-refractivity contribution in [2.45, 2.75) is 12.8 Å². The van der Waals surface area contributed by atoms with Gasteiger partial charge in [-0.3, -0.25) is 4.98 Å². The fraction of sp³-hybridized carbons (Fsp3) is 0.154. The Kier molecular flexibility index (Phi) is 3.42. The third-order valence-corrected chi connectivity index (χ3v) is 2.54. The first-order valence-corrected chi connectivity index (χ1v) is 5.56. The van der Waals surface area contributed by atoms with E-state index in [2.05, 4.69) is 4.98 Å². The lowest BCUT2D eigenvalue weighted by Crippen LogP contribution is -1.90. The highest BCUT2D eigenvalue weighted by Crippen LogP contribution is 2.25. The molecule has 0 aliphatic carbocycles. The molecule has 0 aliphatic heterocycles. The van der Waals surface area contributed by atoms with Crippen LogP contribution in [-0.4, -0.2) is 4.98 Å². The van der Waals surface area contributed by atoms with Crippen molar-refractivity contribution in [3.63, 3.8) is 0 Å². The van der Waals surface area contributed by atoms with Gasteiger partial charge in [0.05, 0.1) is 5.88 Å². The lowest BCUT2D eigenvalue weighted by atomic mass is 10.2. The third-order valence-electron chi connectivity index (χ3n) is 2.25. The van der Waals surface area contributed by atoms with Crippen molar-refractivity contribution >= 4 is 11.6 Å². The van der Waals surface area contributed by atoms with Gasteiger partial charge in [0.1, 0.15) is 11.5 Å². The highest BCUT2D eigenvalue weighted by atomic mass is 35.5. The van der Waals surface area contributed by atoms with E-state index in [-0.39, 0.29) is 0 Å². The lowest BCUT2D eigenvalue weighted by Gasteiger charge is -2.08. The molecule has 82 valence electrons. The van der Waals surface area contributed by atoms with Crippen molar-refractivity contribution in [3.05, 3.63) is 53.9 Å². The Hall–Kier alpha value is -1.54. The number of pyridine rings is 1. The third kappa shape index (κ3) is 2.52. The van der Waals surface area contributed by atoms with Gasteiger partial charge in [0.25, 0.3) is 0 Å². The fourth-order valence-corrected chi connectivity index (χ4v) is 1.55. The molecule has 0 aliphatic rings. The van der Waals surface area contributed by atoms with Gasteiger partial charge in [0, 0.05) is 18.0 Å². The zero-order valence-electron chi connectivity index (χ0n) is 8.98. The summed E-state index contributed by atoms with van der Waals surface area (Å²) in [4.78, 5) is 4.01. The topological polar surface area (TPSA) is 22.1 Å². The van der Waals surface area contributed by atoms with E-state index >= 15 is 0 Å². The normalized spacial score (nSPS) is 10.1. The Morgan fingerprint density at radius 3 is 2.62 bits per heavy atom. The second kappa shape index (κ2) is 4.99. The maximum Gasteiger partial charge on any atom is 0.134 e. The van der Waals surface area contributed by atoms with Gasteiger partial charge < -0.3 is 4.74 Å². The predicted octanol–water partition coefficient (Wildman–Crippen LogP) is 3.92. The number of benzene rings is 1. The van der Waals surface area contributed by atoms with Gasteiger partial charge in [-0.1, -0.05) is 17.7 Å². The maximum atomic E-state index is 5.80. The second-order valence-electron chi connectivity index (χ2n) is 3.53. The molecular weight excluding hydrogens is 222 g/mol. The molecule has 1 aromatic carbocycles. The molecule has 0 saturated heterocycles. The standard InChI is InChI=1S/C13H12ClNO/c1-10-2-4-12(5-3-10)16-13-6-7-15-9-11(13)8-14/h2-7,9H,8H2,1H3. The highest BCUT2D eigenvalue weighted by Gasteiger charge is 2.03. The van der Waals surface area contributed by atoms with Crippen LogP contribution in [0.4, 0.5) is 0 Å². The molecule has 3 heteroatoms. The molecule has 16 heavy (non-hydrogen) atoms. The summed E-state index contributed by atoms with van der Waals surface area (Å²) in [6.45, 7) is 2.04. The SMILES string of the molecule is Cc1ccc(Oc2ccncc2CCl)cc1. The number of ether oxygens (including phenoxy) is 1. The summed E-state index contributed by atoms with van der Waals surface area (Å²) in [5.74, 6) is 1.96. The molecule has 0 N–H and O–H groups in total. The molecule has 2 rings (SSSR count). The second-order valence-corrected chi connectivity index (χ2v) is 3.80. The van der Waals surface area contributed by atoms with E-state index in [0.717, 1.165) is 17.1 Å². The molecular formula is C13H12ClNO. The maximum absolute atomic E-state index is 5.80. The Morgan fingerprint density at radius 1 is 1.19 bits per heavy atom.